The standard InChI is InChI=1S/C17H16ClN3/c18-15-9-8-14(17-13(15)7-4-10-20-17)16(11-19)21-12-5-2-1-3-6-12/h1-10,16,21H,11,19H2. The second-order valence-corrected chi connectivity index (χ2v) is 5.24. The topological polar surface area (TPSA) is 50.9 Å². The van der Waals surface area contributed by atoms with Gasteiger partial charge in [-0.05, 0) is 30.3 Å². The minimum absolute atomic E-state index is 0.0120. The van der Waals surface area contributed by atoms with Crippen LogP contribution in [0.15, 0.2) is 60.8 Å². The second-order valence-electron chi connectivity index (χ2n) is 4.83. The lowest BCUT2D eigenvalue weighted by Gasteiger charge is -2.20. The average molecular weight is 298 g/mol. The first-order valence-electron chi connectivity index (χ1n) is 6.84. The first kappa shape index (κ1) is 13.9. The van der Waals surface area contributed by atoms with E-state index in [0.717, 1.165) is 22.2 Å². The van der Waals surface area contributed by atoms with Gasteiger partial charge in [0.15, 0.2) is 0 Å². The Labute approximate surface area is 128 Å². The number of aromatic nitrogens is 1. The van der Waals surface area contributed by atoms with Crippen LogP contribution in [0.3, 0.4) is 0 Å². The zero-order valence-corrected chi connectivity index (χ0v) is 12.2. The Morgan fingerprint density at radius 2 is 1.86 bits per heavy atom. The number of hydrogen-bond donors (Lipinski definition) is 2. The fourth-order valence-electron chi connectivity index (χ4n) is 2.44. The van der Waals surface area contributed by atoms with Crippen LogP contribution in [0.2, 0.25) is 5.02 Å². The lowest BCUT2D eigenvalue weighted by Crippen LogP contribution is -2.21. The highest BCUT2D eigenvalue weighted by atomic mass is 35.5. The van der Waals surface area contributed by atoms with Crippen molar-refractivity contribution in [1.29, 1.82) is 0 Å². The van der Waals surface area contributed by atoms with Crippen molar-refractivity contribution >= 4 is 28.2 Å². The molecular weight excluding hydrogens is 282 g/mol. The number of benzene rings is 2. The van der Waals surface area contributed by atoms with Crippen LogP contribution in [0.4, 0.5) is 5.69 Å². The van der Waals surface area contributed by atoms with Crippen LogP contribution < -0.4 is 11.1 Å². The molecule has 0 aliphatic heterocycles. The van der Waals surface area contributed by atoms with Crippen LogP contribution in [-0.2, 0) is 0 Å². The first-order valence-corrected chi connectivity index (χ1v) is 7.22. The molecule has 21 heavy (non-hydrogen) atoms. The summed E-state index contributed by atoms with van der Waals surface area (Å²) in [5.41, 5.74) is 8.94. The first-order chi connectivity index (χ1) is 10.3. The van der Waals surface area contributed by atoms with Gasteiger partial charge in [0, 0.05) is 34.4 Å². The molecule has 0 spiro atoms. The largest absolute Gasteiger partial charge is 0.377 e. The van der Waals surface area contributed by atoms with Crippen LogP contribution in [0, 0.1) is 0 Å². The molecule has 3 rings (SSSR count). The molecule has 0 aliphatic carbocycles. The average Bonchev–Trinajstić information content (AvgIpc) is 2.55. The third-order valence-corrected chi connectivity index (χ3v) is 3.80. The molecule has 1 aromatic heterocycles. The summed E-state index contributed by atoms with van der Waals surface area (Å²) in [6.07, 6.45) is 1.78. The van der Waals surface area contributed by atoms with Gasteiger partial charge in [0.25, 0.3) is 0 Å². The summed E-state index contributed by atoms with van der Waals surface area (Å²) >= 11 is 6.25. The summed E-state index contributed by atoms with van der Waals surface area (Å²) in [4.78, 5) is 4.47. The smallest absolute Gasteiger partial charge is 0.0770 e. The zero-order chi connectivity index (χ0) is 14.7. The lowest BCUT2D eigenvalue weighted by molar-refractivity contribution is 0.794. The Morgan fingerprint density at radius 3 is 2.62 bits per heavy atom. The Kier molecular flexibility index (Phi) is 4.04. The van der Waals surface area contributed by atoms with Crippen molar-refractivity contribution in [1.82, 2.24) is 4.98 Å². The van der Waals surface area contributed by atoms with Gasteiger partial charge in [-0.2, -0.15) is 0 Å². The monoisotopic (exact) mass is 297 g/mol. The molecule has 0 fully saturated rings. The summed E-state index contributed by atoms with van der Waals surface area (Å²) in [5.74, 6) is 0. The number of anilines is 1. The van der Waals surface area contributed by atoms with Gasteiger partial charge in [0.2, 0.25) is 0 Å². The molecular formula is C17H16ClN3. The molecule has 3 nitrogen and oxygen atoms in total. The minimum atomic E-state index is -0.0120. The van der Waals surface area contributed by atoms with E-state index >= 15 is 0 Å². The molecule has 2 aromatic carbocycles. The quantitative estimate of drug-likeness (QED) is 0.765. The zero-order valence-electron chi connectivity index (χ0n) is 11.5. The number of nitrogens with two attached hydrogens (primary N) is 1. The van der Waals surface area contributed by atoms with E-state index in [9.17, 15) is 0 Å². The number of rotatable bonds is 4. The van der Waals surface area contributed by atoms with Gasteiger partial charge in [0.05, 0.1) is 11.6 Å². The van der Waals surface area contributed by atoms with Crippen molar-refractivity contribution in [3.63, 3.8) is 0 Å². The fourth-order valence-corrected chi connectivity index (χ4v) is 2.66. The molecule has 0 radical (unpaired) electrons. The highest BCUT2D eigenvalue weighted by Gasteiger charge is 2.15. The highest BCUT2D eigenvalue weighted by molar-refractivity contribution is 6.35. The van der Waals surface area contributed by atoms with Crippen LogP contribution in [0.25, 0.3) is 10.9 Å². The summed E-state index contributed by atoms with van der Waals surface area (Å²) < 4.78 is 0. The van der Waals surface area contributed by atoms with E-state index in [2.05, 4.69) is 10.3 Å². The van der Waals surface area contributed by atoms with E-state index in [0.29, 0.717) is 11.6 Å². The van der Waals surface area contributed by atoms with Gasteiger partial charge in [0.1, 0.15) is 0 Å². The van der Waals surface area contributed by atoms with Crippen LogP contribution >= 0.6 is 11.6 Å². The van der Waals surface area contributed by atoms with Gasteiger partial charge in [-0.3, -0.25) is 4.98 Å². The van der Waals surface area contributed by atoms with Crippen molar-refractivity contribution in [3.05, 3.63) is 71.4 Å². The normalized spacial score (nSPS) is 12.3. The SMILES string of the molecule is NCC(Nc1ccccc1)c1ccc(Cl)c2cccnc12. The van der Waals surface area contributed by atoms with Crippen LogP contribution in [-0.4, -0.2) is 11.5 Å². The minimum Gasteiger partial charge on any atom is -0.377 e. The van der Waals surface area contributed by atoms with Gasteiger partial charge < -0.3 is 11.1 Å². The maximum absolute atomic E-state index is 6.25. The van der Waals surface area contributed by atoms with Gasteiger partial charge >= 0.3 is 0 Å². The molecule has 4 heteroatoms. The molecule has 0 saturated heterocycles. The highest BCUT2D eigenvalue weighted by Crippen LogP contribution is 2.29. The molecule has 106 valence electrons. The maximum Gasteiger partial charge on any atom is 0.0770 e. The molecule has 0 amide bonds. The number of pyridine rings is 1. The molecule has 1 atom stereocenters. The Morgan fingerprint density at radius 1 is 1.05 bits per heavy atom. The summed E-state index contributed by atoms with van der Waals surface area (Å²) in [5, 5.41) is 5.10. The van der Waals surface area contributed by atoms with Crippen molar-refractivity contribution in [2.45, 2.75) is 6.04 Å². The predicted molar refractivity (Wildman–Crippen MR) is 88.6 cm³/mol. The van der Waals surface area contributed by atoms with Crippen molar-refractivity contribution in [2.75, 3.05) is 11.9 Å². The number of halogens is 1. The summed E-state index contributed by atoms with van der Waals surface area (Å²) in [6.45, 7) is 0.474. The Bertz CT molecular complexity index is 743. The molecule has 0 aliphatic rings. The van der Waals surface area contributed by atoms with Gasteiger partial charge in [-0.15, -0.1) is 0 Å². The summed E-state index contributed by atoms with van der Waals surface area (Å²) in [7, 11) is 0. The van der Waals surface area contributed by atoms with Crippen molar-refractivity contribution < 1.29 is 0 Å². The molecule has 0 saturated carbocycles. The van der Waals surface area contributed by atoms with Gasteiger partial charge in [-0.1, -0.05) is 35.9 Å². The van der Waals surface area contributed by atoms with Crippen molar-refractivity contribution in [3.8, 4) is 0 Å². The number of hydrogen-bond acceptors (Lipinski definition) is 3. The van der Waals surface area contributed by atoms with E-state index in [4.69, 9.17) is 17.3 Å². The van der Waals surface area contributed by atoms with Crippen molar-refractivity contribution in [2.24, 2.45) is 5.73 Å². The van der Waals surface area contributed by atoms with E-state index in [1.54, 1.807) is 6.20 Å². The van der Waals surface area contributed by atoms with E-state index in [1.165, 1.54) is 0 Å². The van der Waals surface area contributed by atoms with E-state index in [-0.39, 0.29) is 6.04 Å². The second kappa shape index (κ2) is 6.12. The van der Waals surface area contributed by atoms with E-state index < -0.39 is 0 Å². The summed E-state index contributed by atoms with van der Waals surface area (Å²) in [6, 6.07) is 17.8. The Hall–Kier alpha value is -2.10. The third kappa shape index (κ3) is 2.84. The molecule has 1 unspecified atom stereocenters. The number of fused-ring (bicyclic) bond motifs is 1. The maximum atomic E-state index is 6.25. The lowest BCUT2D eigenvalue weighted by atomic mass is 10.0. The predicted octanol–water partition coefficient (Wildman–Crippen LogP) is 4.00. The number of nitrogens with zero attached hydrogens (tertiary/aromatic N) is 1. The number of para-hydroxylation sites is 1. The molecule has 3 aromatic rings. The molecule has 0 bridgehead atoms. The molecule has 3 N–H and O–H groups in total. The van der Waals surface area contributed by atoms with Crippen LogP contribution in [0.1, 0.15) is 11.6 Å². The Balaban J connectivity index is 2.03. The third-order valence-electron chi connectivity index (χ3n) is 3.47. The van der Waals surface area contributed by atoms with Crippen LogP contribution in [0.5, 0.6) is 0 Å². The van der Waals surface area contributed by atoms with E-state index in [1.807, 2.05) is 54.6 Å². The number of nitrogens with one attached hydrogen (secondary N) is 1. The fraction of sp³-hybridized carbons (Fsp3) is 0.118. The molecule has 1 heterocycles. The van der Waals surface area contributed by atoms with Gasteiger partial charge in [-0.25, -0.2) is 0 Å².